The normalized spacial score (nSPS) is 12.0. The first-order valence-electron chi connectivity index (χ1n) is 6.84. The van der Waals surface area contributed by atoms with Crippen LogP contribution in [0.4, 0.5) is 0 Å². The highest BCUT2D eigenvalue weighted by Crippen LogP contribution is 2.25. The molecule has 0 saturated heterocycles. The lowest BCUT2D eigenvalue weighted by Crippen LogP contribution is -1.80. The van der Waals surface area contributed by atoms with Crippen LogP contribution >= 0.6 is 0 Å². The van der Waals surface area contributed by atoms with Crippen LogP contribution in [0, 0.1) is 0 Å². The summed E-state index contributed by atoms with van der Waals surface area (Å²) in [5.41, 5.74) is 3.00. The first-order valence-corrected chi connectivity index (χ1v) is 6.84. The smallest absolute Gasteiger partial charge is 0.172 e. The summed E-state index contributed by atoms with van der Waals surface area (Å²) in [6.45, 7) is 0. The molecule has 3 N–H and O–H groups in total. The van der Waals surface area contributed by atoms with E-state index < -0.39 is 0 Å². The van der Waals surface area contributed by atoms with Crippen molar-refractivity contribution in [2.45, 2.75) is 0 Å². The number of nitrogens with zero attached hydrogens (tertiary/aromatic N) is 6. The fourth-order valence-electron chi connectivity index (χ4n) is 2.29. The average molecular weight is 305 g/mol. The average Bonchev–Trinajstić information content (AvgIpc) is 3.31. The SMILES string of the molecule is C(=C\c1[nH]c2ccccc2c1/C=C/c1nnn[nH]1)/c1nnn[nH]1. The van der Waals surface area contributed by atoms with Crippen LogP contribution in [0.25, 0.3) is 35.2 Å². The van der Waals surface area contributed by atoms with E-state index in [1.54, 1.807) is 6.08 Å². The highest BCUT2D eigenvalue weighted by molar-refractivity contribution is 5.96. The third-order valence-corrected chi connectivity index (χ3v) is 3.32. The number of aromatic nitrogens is 9. The van der Waals surface area contributed by atoms with Gasteiger partial charge in [0.2, 0.25) is 0 Å². The van der Waals surface area contributed by atoms with Gasteiger partial charge >= 0.3 is 0 Å². The van der Waals surface area contributed by atoms with Gasteiger partial charge < -0.3 is 4.98 Å². The minimum atomic E-state index is 0.582. The van der Waals surface area contributed by atoms with Gasteiger partial charge in [0, 0.05) is 22.2 Å². The summed E-state index contributed by atoms with van der Waals surface area (Å²) in [4.78, 5) is 3.37. The van der Waals surface area contributed by atoms with Crippen LogP contribution in [0.3, 0.4) is 0 Å². The van der Waals surface area contributed by atoms with Crippen molar-refractivity contribution in [3.8, 4) is 0 Å². The summed E-state index contributed by atoms with van der Waals surface area (Å²) < 4.78 is 0. The molecule has 0 atom stereocenters. The quantitative estimate of drug-likeness (QED) is 0.525. The zero-order chi connectivity index (χ0) is 15.5. The first-order chi connectivity index (χ1) is 11.4. The molecule has 0 bridgehead atoms. The van der Waals surface area contributed by atoms with Crippen LogP contribution in [0.1, 0.15) is 22.9 Å². The van der Waals surface area contributed by atoms with Gasteiger partial charge in [-0.15, -0.1) is 10.2 Å². The number of benzene rings is 1. The number of nitrogens with one attached hydrogen (secondary N) is 3. The van der Waals surface area contributed by atoms with Gasteiger partial charge in [-0.05, 0) is 51.2 Å². The van der Waals surface area contributed by atoms with E-state index in [9.17, 15) is 0 Å². The van der Waals surface area contributed by atoms with Crippen molar-refractivity contribution in [2.24, 2.45) is 0 Å². The van der Waals surface area contributed by atoms with Crippen molar-refractivity contribution in [2.75, 3.05) is 0 Å². The fourth-order valence-corrected chi connectivity index (χ4v) is 2.29. The Bertz CT molecular complexity index is 961. The third kappa shape index (κ3) is 2.62. The van der Waals surface area contributed by atoms with Crippen LogP contribution < -0.4 is 0 Å². The highest BCUT2D eigenvalue weighted by atomic mass is 15.5. The molecule has 0 radical (unpaired) electrons. The van der Waals surface area contributed by atoms with E-state index in [-0.39, 0.29) is 0 Å². The largest absolute Gasteiger partial charge is 0.355 e. The molecule has 0 saturated carbocycles. The van der Waals surface area contributed by atoms with E-state index in [1.807, 2.05) is 36.4 Å². The standard InChI is InChI=1S/C14H11N9/c1-2-4-11-9(3-1)10(5-7-13-16-20-21-17-13)12(15-11)6-8-14-18-22-23-19-14/h1-8,15H,(H,16,17,20,21)(H,18,19,22,23)/b7-5+,8-6+. The summed E-state index contributed by atoms with van der Waals surface area (Å²) >= 11 is 0. The van der Waals surface area contributed by atoms with Gasteiger partial charge in [-0.1, -0.05) is 18.2 Å². The van der Waals surface area contributed by atoms with E-state index in [0.29, 0.717) is 11.6 Å². The number of fused-ring (bicyclic) bond motifs is 1. The van der Waals surface area contributed by atoms with E-state index in [4.69, 9.17) is 0 Å². The molecule has 0 amide bonds. The summed E-state index contributed by atoms with van der Waals surface area (Å²) in [5.74, 6) is 1.17. The third-order valence-electron chi connectivity index (χ3n) is 3.32. The number of rotatable bonds is 4. The molecule has 112 valence electrons. The number of hydrogen-bond acceptors (Lipinski definition) is 6. The van der Waals surface area contributed by atoms with E-state index in [1.165, 1.54) is 0 Å². The van der Waals surface area contributed by atoms with Crippen molar-refractivity contribution in [3.63, 3.8) is 0 Å². The second-order valence-electron chi connectivity index (χ2n) is 4.74. The summed E-state index contributed by atoms with van der Waals surface area (Å²) in [6, 6.07) is 8.06. The van der Waals surface area contributed by atoms with E-state index in [2.05, 4.69) is 52.3 Å². The minimum absolute atomic E-state index is 0.582. The first kappa shape index (κ1) is 13.1. The van der Waals surface area contributed by atoms with Gasteiger partial charge in [0.05, 0.1) is 0 Å². The van der Waals surface area contributed by atoms with Crippen molar-refractivity contribution in [1.29, 1.82) is 0 Å². The monoisotopic (exact) mass is 305 g/mol. The highest BCUT2D eigenvalue weighted by Gasteiger charge is 2.07. The minimum Gasteiger partial charge on any atom is -0.355 e. The summed E-state index contributed by atoms with van der Waals surface area (Å²) in [5, 5.41) is 28.4. The zero-order valence-electron chi connectivity index (χ0n) is 11.8. The van der Waals surface area contributed by atoms with Crippen molar-refractivity contribution in [3.05, 3.63) is 47.2 Å². The molecule has 0 unspecified atom stereocenters. The van der Waals surface area contributed by atoms with Crippen LogP contribution in [-0.4, -0.2) is 46.2 Å². The lowest BCUT2D eigenvalue weighted by molar-refractivity contribution is 0.881. The maximum absolute atomic E-state index is 3.85. The number of aromatic amines is 3. The Morgan fingerprint density at radius 3 is 2.17 bits per heavy atom. The predicted octanol–water partition coefficient (Wildman–Crippen LogP) is 1.53. The van der Waals surface area contributed by atoms with Gasteiger partial charge in [0.1, 0.15) is 0 Å². The lowest BCUT2D eigenvalue weighted by atomic mass is 10.1. The predicted molar refractivity (Wildman–Crippen MR) is 84.5 cm³/mol. The van der Waals surface area contributed by atoms with E-state index in [0.717, 1.165) is 22.2 Å². The number of hydrogen-bond donors (Lipinski definition) is 3. The molecule has 0 fully saturated rings. The Hall–Kier alpha value is -3.62. The Balaban J connectivity index is 1.78. The maximum atomic E-state index is 3.85. The Kier molecular flexibility index (Phi) is 3.20. The molecule has 0 aliphatic rings. The second-order valence-corrected chi connectivity index (χ2v) is 4.74. The van der Waals surface area contributed by atoms with Crippen LogP contribution in [0.2, 0.25) is 0 Å². The number of H-pyrrole nitrogens is 3. The van der Waals surface area contributed by atoms with Gasteiger partial charge in [-0.2, -0.15) is 0 Å². The number of tetrazole rings is 2. The van der Waals surface area contributed by atoms with Crippen molar-refractivity contribution < 1.29 is 0 Å². The van der Waals surface area contributed by atoms with Gasteiger partial charge in [-0.3, -0.25) is 0 Å². The molecule has 9 nitrogen and oxygen atoms in total. The summed E-state index contributed by atoms with van der Waals surface area (Å²) in [6.07, 6.45) is 7.50. The molecular weight excluding hydrogens is 294 g/mol. The van der Waals surface area contributed by atoms with Gasteiger partial charge in [-0.25, -0.2) is 10.2 Å². The molecule has 0 aliphatic carbocycles. The maximum Gasteiger partial charge on any atom is 0.172 e. The van der Waals surface area contributed by atoms with Crippen LogP contribution in [0.5, 0.6) is 0 Å². The Labute approximate surface area is 129 Å². The van der Waals surface area contributed by atoms with Crippen molar-refractivity contribution in [1.82, 2.24) is 46.2 Å². The summed E-state index contributed by atoms with van der Waals surface area (Å²) in [7, 11) is 0. The number of para-hydroxylation sites is 1. The molecule has 4 aromatic rings. The molecule has 3 heterocycles. The van der Waals surface area contributed by atoms with Crippen LogP contribution in [-0.2, 0) is 0 Å². The van der Waals surface area contributed by atoms with Gasteiger partial charge in [0.15, 0.2) is 11.6 Å². The fraction of sp³-hybridized carbons (Fsp3) is 0. The Morgan fingerprint density at radius 2 is 1.48 bits per heavy atom. The van der Waals surface area contributed by atoms with Gasteiger partial charge in [0.25, 0.3) is 0 Å². The molecule has 4 rings (SSSR count). The molecule has 3 aromatic heterocycles. The molecule has 23 heavy (non-hydrogen) atoms. The second kappa shape index (κ2) is 5.64. The van der Waals surface area contributed by atoms with E-state index >= 15 is 0 Å². The molecule has 0 aliphatic heterocycles. The zero-order valence-corrected chi connectivity index (χ0v) is 11.8. The molecule has 0 spiro atoms. The molecule has 9 heteroatoms. The topological polar surface area (TPSA) is 125 Å². The molecular formula is C14H11N9. The van der Waals surface area contributed by atoms with Crippen LogP contribution in [0.15, 0.2) is 24.3 Å². The molecule has 1 aromatic carbocycles. The van der Waals surface area contributed by atoms with Crippen molar-refractivity contribution >= 4 is 35.2 Å². The lowest BCUT2D eigenvalue weighted by Gasteiger charge is -1.93. The Morgan fingerprint density at radius 1 is 0.783 bits per heavy atom.